The van der Waals surface area contributed by atoms with Gasteiger partial charge in [0.05, 0.1) is 23.5 Å². The van der Waals surface area contributed by atoms with Crippen molar-refractivity contribution in [1.82, 2.24) is 5.32 Å². The van der Waals surface area contributed by atoms with Gasteiger partial charge in [-0.25, -0.2) is 0 Å². The van der Waals surface area contributed by atoms with Gasteiger partial charge >= 0.3 is 6.18 Å². The number of halogens is 3. The highest BCUT2D eigenvalue weighted by molar-refractivity contribution is 8.14. The Bertz CT molecular complexity index is 531. The number of anilines is 1. The predicted octanol–water partition coefficient (Wildman–Crippen LogP) is 2.34. The highest BCUT2D eigenvalue weighted by Crippen LogP contribution is 2.34. The number of alkyl halides is 3. The number of carbonyl (C=O) groups excluding carboxylic acids is 1. The summed E-state index contributed by atoms with van der Waals surface area (Å²) in [4.78, 5) is 15.7. The van der Waals surface area contributed by atoms with Crippen LogP contribution in [0.15, 0.2) is 29.3 Å². The van der Waals surface area contributed by atoms with Crippen molar-refractivity contribution in [2.45, 2.75) is 6.18 Å². The fourth-order valence-corrected chi connectivity index (χ4v) is 2.36. The molecule has 0 saturated heterocycles. The molecule has 1 aliphatic heterocycles. The minimum absolute atomic E-state index is 0.0119. The maximum absolute atomic E-state index is 12.7. The predicted molar refractivity (Wildman–Crippen MR) is 72.8 cm³/mol. The van der Waals surface area contributed by atoms with E-state index in [4.69, 9.17) is 0 Å². The molecule has 2 N–H and O–H groups in total. The molecule has 0 saturated carbocycles. The van der Waals surface area contributed by atoms with Crippen LogP contribution in [-0.4, -0.2) is 29.9 Å². The summed E-state index contributed by atoms with van der Waals surface area (Å²) < 4.78 is 38.2. The molecule has 1 amide bonds. The van der Waals surface area contributed by atoms with Crippen LogP contribution in [0.2, 0.25) is 0 Å². The Labute approximate surface area is 117 Å². The van der Waals surface area contributed by atoms with Crippen LogP contribution in [0.3, 0.4) is 0 Å². The fraction of sp³-hybridized carbons (Fsp3) is 0.333. The number of amidine groups is 1. The van der Waals surface area contributed by atoms with Crippen molar-refractivity contribution in [3.05, 3.63) is 29.8 Å². The van der Waals surface area contributed by atoms with Crippen molar-refractivity contribution in [1.29, 1.82) is 0 Å². The van der Waals surface area contributed by atoms with Crippen LogP contribution < -0.4 is 10.6 Å². The van der Waals surface area contributed by atoms with E-state index in [-0.39, 0.29) is 11.4 Å². The van der Waals surface area contributed by atoms with Gasteiger partial charge in [-0.3, -0.25) is 9.79 Å². The molecular weight excluding hydrogens is 291 g/mol. The second-order valence-electron chi connectivity index (χ2n) is 3.99. The van der Waals surface area contributed by atoms with Gasteiger partial charge in [-0.1, -0.05) is 23.9 Å². The van der Waals surface area contributed by atoms with Gasteiger partial charge in [0, 0.05) is 6.54 Å². The largest absolute Gasteiger partial charge is 0.418 e. The highest BCUT2D eigenvalue weighted by Gasteiger charge is 2.33. The van der Waals surface area contributed by atoms with Crippen LogP contribution in [0.1, 0.15) is 5.56 Å². The maximum Gasteiger partial charge on any atom is 0.418 e. The second kappa shape index (κ2) is 6.17. The van der Waals surface area contributed by atoms with Crippen molar-refractivity contribution in [3.63, 3.8) is 0 Å². The summed E-state index contributed by atoms with van der Waals surface area (Å²) in [5, 5.41) is 5.89. The molecule has 1 aromatic rings. The van der Waals surface area contributed by atoms with E-state index in [1.165, 1.54) is 30.0 Å². The van der Waals surface area contributed by atoms with Crippen molar-refractivity contribution in [3.8, 4) is 0 Å². The van der Waals surface area contributed by atoms with Crippen LogP contribution in [0.4, 0.5) is 18.9 Å². The first kappa shape index (κ1) is 14.7. The summed E-state index contributed by atoms with van der Waals surface area (Å²) in [6.07, 6.45) is -4.49. The molecule has 8 heteroatoms. The number of para-hydroxylation sites is 1. The fourth-order valence-electron chi connectivity index (χ4n) is 1.63. The summed E-state index contributed by atoms with van der Waals surface area (Å²) in [6, 6.07) is 4.90. The van der Waals surface area contributed by atoms with E-state index < -0.39 is 17.6 Å². The van der Waals surface area contributed by atoms with Gasteiger partial charge in [0.1, 0.15) is 0 Å². The van der Waals surface area contributed by atoms with E-state index in [0.717, 1.165) is 12.6 Å². The van der Waals surface area contributed by atoms with Crippen molar-refractivity contribution in [2.75, 3.05) is 24.2 Å². The molecule has 0 radical (unpaired) electrons. The molecule has 1 aromatic carbocycles. The molecule has 0 fully saturated rings. The molecule has 0 aliphatic carbocycles. The smallest absolute Gasteiger partial charge is 0.363 e. The number of rotatable bonds is 3. The van der Waals surface area contributed by atoms with Gasteiger partial charge in [-0.2, -0.15) is 13.2 Å². The molecule has 2 rings (SSSR count). The van der Waals surface area contributed by atoms with E-state index in [2.05, 4.69) is 15.6 Å². The lowest BCUT2D eigenvalue weighted by Gasteiger charge is -2.13. The van der Waals surface area contributed by atoms with Crippen molar-refractivity contribution >= 4 is 28.5 Å². The van der Waals surface area contributed by atoms with Crippen molar-refractivity contribution in [2.24, 2.45) is 4.99 Å². The number of hydrogen-bond donors (Lipinski definition) is 2. The van der Waals surface area contributed by atoms with Crippen LogP contribution >= 0.6 is 11.8 Å². The van der Waals surface area contributed by atoms with Gasteiger partial charge in [0.15, 0.2) is 5.17 Å². The molecule has 20 heavy (non-hydrogen) atoms. The van der Waals surface area contributed by atoms with Crippen LogP contribution in [0.25, 0.3) is 0 Å². The number of aliphatic imine (C=N–C) groups is 1. The standard InChI is InChI=1S/C12H12F3N3OS/c13-12(14,15)8-3-1-2-4-9(8)18-10(19)7-20-11-16-5-6-17-11/h1-4H,5-7H2,(H,16,17)(H,18,19). The Balaban J connectivity index is 1.97. The minimum Gasteiger partial charge on any atom is -0.363 e. The number of thioether (sulfide) groups is 1. The third kappa shape index (κ3) is 3.89. The average molecular weight is 303 g/mol. The Kier molecular flexibility index (Phi) is 4.53. The minimum atomic E-state index is -4.49. The third-order valence-electron chi connectivity index (χ3n) is 2.49. The summed E-state index contributed by atoms with van der Waals surface area (Å²) >= 11 is 1.17. The molecular formula is C12H12F3N3OS. The van der Waals surface area contributed by atoms with E-state index in [1.54, 1.807) is 0 Å². The molecule has 1 heterocycles. The van der Waals surface area contributed by atoms with Gasteiger partial charge in [0.25, 0.3) is 0 Å². The Morgan fingerprint density at radius 1 is 1.40 bits per heavy atom. The summed E-state index contributed by atoms with van der Waals surface area (Å²) in [7, 11) is 0. The third-order valence-corrected chi connectivity index (χ3v) is 3.44. The second-order valence-corrected chi connectivity index (χ2v) is 4.96. The van der Waals surface area contributed by atoms with Gasteiger partial charge in [-0.15, -0.1) is 0 Å². The normalized spacial score (nSPS) is 14.7. The Morgan fingerprint density at radius 3 is 2.80 bits per heavy atom. The quantitative estimate of drug-likeness (QED) is 0.901. The Hall–Kier alpha value is -1.70. The van der Waals surface area contributed by atoms with Crippen LogP contribution in [-0.2, 0) is 11.0 Å². The van der Waals surface area contributed by atoms with Crippen LogP contribution in [0.5, 0.6) is 0 Å². The first-order chi connectivity index (χ1) is 9.47. The molecule has 0 aromatic heterocycles. The first-order valence-corrected chi connectivity index (χ1v) is 6.82. The zero-order valence-electron chi connectivity index (χ0n) is 10.3. The summed E-state index contributed by atoms with van der Waals surface area (Å²) in [5.41, 5.74) is -1.08. The van der Waals surface area contributed by atoms with Crippen LogP contribution in [0, 0.1) is 0 Å². The topological polar surface area (TPSA) is 53.5 Å². The lowest BCUT2D eigenvalue weighted by molar-refractivity contribution is -0.137. The summed E-state index contributed by atoms with van der Waals surface area (Å²) in [6.45, 7) is 1.38. The number of benzene rings is 1. The van der Waals surface area contributed by atoms with E-state index >= 15 is 0 Å². The number of carbonyl (C=O) groups is 1. The van der Waals surface area contributed by atoms with Gasteiger partial charge < -0.3 is 10.6 Å². The van der Waals surface area contributed by atoms with Gasteiger partial charge in [0.2, 0.25) is 5.91 Å². The monoisotopic (exact) mass is 303 g/mol. The number of nitrogens with one attached hydrogen (secondary N) is 2. The lowest BCUT2D eigenvalue weighted by atomic mass is 10.1. The molecule has 1 aliphatic rings. The number of amides is 1. The molecule has 0 spiro atoms. The zero-order chi connectivity index (χ0) is 14.6. The maximum atomic E-state index is 12.7. The van der Waals surface area contributed by atoms with Gasteiger partial charge in [-0.05, 0) is 12.1 Å². The number of nitrogens with zero attached hydrogens (tertiary/aromatic N) is 1. The lowest BCUT2D eigenvalue weighted by Crippen LogP contribution is -2.21. The molecule has 108 valence electrons. The molecule has 0 bridgehead atoms. The highest BCUT2D eigenvalue weighted by atomic mass is 32.2. The zero-order valence-corrected chi connectivity index (χ0v) is 11.1. The van der Waals surface area contributed by atoms with Crippen molar-refractivity contribution < 1.29 is 18.0 Å². The molecule has 4 nitrogen and oxygen atoms in total. The molecule has 0 atom stereocenters. The van der Waals surface area contributed by atoms with E-state index in [9.17, 15) is 18.0 Å². The average Bonchev–Trinajstić information content (AvgIpc) is 2.89. The first-order valence-electron chi connectivity index (χ1n) is 5.84. The van der Waals surface area contributed by atoms with E-state index in [0.29, 0.717) is 11.7 Å². The van der Waals surface area contributed by atoms with E-state index in [1.807, 2.05) is 0 Å². The molecule has 0 unspecified atom stereocenters. The Morgan fingerprint density at radius 2 is 2.15 bits per heavy atom. The summed E-state index contributed by atoms with van der Waals surface area (Å²) in [5.74, 6) is -0.485. The number of hydrogen-bond acceptors (Lipinski definition) is 4. The SMILES string of the molecule is O=C(CSC1=NCCN1)Nc1ccccc1C(F)(F)F.